The quantitative estimate of drug-likeness (QED) is 0.743. The molecule has 0 aliphatic heterocycles. The van der Waals surface area contributed by atoms with Crippen molar-refractivity contribution in [2.75, 3.05) is 20.7 Å². The summed E-state index contributed by atoms with van der Waals surface area (Å²) in [4.78, 5) is 2.49. The average Bonchev–Trinajstić information content (AvgIpc) is 2.36. The molecule has 1 aromatic rings. The zero-order chi connectivity index (χ0) is 14.4. The van der Waals surface area contributed by atoms with Crippen LogP contribution in [0.2, 0.25) is 0 Å². The number of hydrogen-bond donors (Lipinski definition) is 2. The van der Waals surface area contributed by atoms with Gasteiger partial charge < -0.3 is 20.5 Å². The highest BCUT2D eigenvalue weighted by molar-refractivity contribution is 7.80. The lowest BCUT2D eigenvalue weighted by Crippen LogP contribution is -2.22. The summed E-state index contributed by atoms with van der Waals surface area (Å²) in [5, 5.41) is 9.28. The van der Waals surface area contributed by atoms with Crippen molar-refractivity contribution in [2.24, 2.45) is 5.73 Å². The van der Waals surface area contributed by atoms with Gasteiger partial charge in [-0.3, -0.25) is 0 Å². The van der Waals surface area contributed by atoms with Crippen LogP contribution in [0.1, 0.15) is 24.5 Å². The molecule has 1 rings (SSSR count). The molecule has 0 heterocycles. The molecule has 0 aromatic heterocycles. The van der Waals surface area contributed by atoms with Crippen molar-refractivity contribution in [2.45, 2.75) is 26.0 Å². The van der Waals surface area contributed by atoms with Gasteiger partial charge in [0, 0.05) is 13.1 Å². The molecule has 0 saturated carbocycles. The summed E-state index contributed by atoms with van der Waals surface area (Å²) >= 11 is 5.03. The summed E-state index contributed by atoms with van der Waals surface area (Å²) in [5.41, 5.74) is 7.58. The van der Waals surface area contributed by atoms with Crippen LogP contribution in [-0.4, -0.2) is 41.8 Å². The van der Waals surface area contributed by atoms with Crippen LogP contribution >= 0.6 is 12.2 Å². The van der Waals surface area contributed by atoms with E-state index in [2.05, 4.69) is 4.90 Å². The van der Waals surface area contributed by atoms with Crippen molar-refractivity contribution in [1.82, 2.24) is 4.90 Å². The molecule has 4 nitrogen and oxygen atoms in total. The Hall–Kier alpha value is -1.17. The molecule has 0 aliphatic carbocycles. The number of rotatable bonds is 7. The van der Waals surface area contributed by atoms with Crippen LogP contribution in [0.4, 0.5) is 0 Å². The van der Waals surface area contributed by atoms with E-state index in [4.69, 9.17) is 22.7 Å². The van der Waals surface area contributed by atoms with Gasteiger partial charge in [0.05, 0.1) is 18.8 Å². The van der Waals surface area contributed by atoms with Crippen LogP contribution < -0.4 is 10.5 Å². The number of ether oxygens (including phenoxy) is 1. The molecule has 5 heteroatoms. The Kier molecular flexibility index (Phi) is 6.21. The molecule has 106 valence electrons. The first-order valence-electron chi connectivity index (χ1n) is 6.27. The first kappa shape index (κ1) is 15.9. The monoisotopic (exact) mass is 282 g/mol. The van der Waals surface area contributed by atoms with Gasteiger partial charge in [0.15, 0.2) is 0 Å². The van der Waals surface area contributed by atoms with Gasteiger partial charge in [-0.2, -0.15) is 0 Å². The summed E-state index contributed by atoms with van der Waals surface area (Å²) in [6, 6.07) is 5.84. The third-order valence-electron chi connectivity index (χ3n) is 2.91. The number of hydrogen-bond acceptors (Lipinski definition) is 4. The molecule has 0 amide bonds. The summed E-state index contributed by atoms with van der Waals surface area (Å²) in [6.45, 7) is 3.42. The van der Waals surface area contributed by atoms with Crippen molar-refractivity contribution >= 4 is 17.2 Å². The smallest absolute Gasteiger partial charge is 0.129 e. The first-order chi connectivity index (χ1) is 8.93. The highest BCUT2D eigenvalue weighted by Gasteiger charge is 2.09. The Bertz CT molecular complexity index is 435. The third-order valence-corrected chi connectivity index (χ3v) is 3.13. The Morgan fingerprint density at radius 3 is 2.74 bits per heavy atom. The Labute approximate surface area is 120 Å². The average molecular weight is 282 g/mol. The topological polar surface area (TPSA) is 58.7 Å². The standard InChI is InChI=1S/C14H22N2O2S/c1-10(17)6-7-16(2)9-11-4-5-13(18-3)12(8-11)14(15)19/h4-5,8,10,17H,6-7,9H2,1-3H3,(H2,15,19). The van der Waals surface area contributed by atoms with Crippen LogP contribution in [0.3, 0.4) is 0 Å². The molecule has 19 heavy (non-hydrogen) atoms. The first-order valence-corrected chi connectivity index (χ1v) is 6.68. The molecule has 0 radical (unpaired) electrons. The van der Waals surface area contributed by atoms with Crippen molar-refractivity contribution in [3.8, 4) is 5.75 Å². The number of aliphatic hydroxyl groups is 1. The van der Waals surface area contributed by atoms with E-state index < -0.39 is 0 Å². The van der Waals surface area contributed by atoms with E-state index in [9.17, 15) is 5.11 Å². The lowest BCUT2D eigenvalue weighted by Gasteiger charge is -2.18. The highest BCUT2D eigenvalue weighted by Crippen LogP contribution is 2.20. The Morgan fingerprint density at radius 1 is 1.53 bits per heavy atom. The Morgan fingerprint density at radius 2 is 2.21 bits per heavy atom. The summed E-state index contributed by atoms with van der Waals surface area (Å²) < 4.78 is 5.23. The molecule has 0 saturated heterocycles. The molecular formula is C14H22N2O2S. The van der Waals surface area contributed by atoms with Crippen LogP contribution in [0.15, 0.2) is 18.2 Å². The van der Waals surface area contributed by atoms with Crippen molar-refractivity contribution in [1.29, 1.82) is 0 Å². The number of methoxy groups -OCH3 is 1. The van der Waals surface area contributed by atoms with Gasteiger partial charge >= 0.3 is 0 Å². The fourth-order valence-corrected chi connectivity index (χ4v) is 2.00. The van der Waals surface area contributed by atoms with E-state index in [1.54, 1.807) is 14.0 Å². The molecule has 0 aliphatic rings. The molecule has 1 atom stereocenters. The fourth-order valence-electron chi connectivity index (χ4n) is 1.84. The number of nitrogens with two attached hydrogens (primary N) is 1. The number of benzene rings is 1. The third kappa shape index (κ3) is 5.14. The molecule has 1 unspecified atom stereocenters. The van der Waals surface area contributed by atoms with Gasteiger partial charge in [0.1, 0.15) is 10.7 Å². The number of nitrogens with zero attached hydrogens (tertiary/aromatic N) is 1. The van der Waals surface area contributed by atoms with Crippen molar-refractivity contribution in [3.05, 3.63) is 29.3 Å². The SMILES string of the molecule is COc1ccc(CN(C)CCC(C)O)cc1C(N)=S. The number of aliphatic hydroxyl groups excluding tert-OH is 1. The summed E-state index contributed by atoms with van der Waals surface area (Å²) in [7, 11) is 3.62. The van der Waals surface area contributed by atoms with Crippen LogP contribution in [0.25, 0.3) is 0 Å². The maximum absolute atomic E-state index is 9.28. The van der Waals surface area contributed by atoms with E-state index in [1.165, 1.54) is 0 Å². The lowest BCUT2D eigenvalue weighted by atomic mass is 10.1. The second-order valence-electron chi connectivity index (χ2n) is 4.77. The lowest BCUT2D eigenvalue weighted by molar-refractivity contribution is 0.163. The summed E-state index contributed by atoms with van der Waals surface area (Å²) in [6.07, 6.45) is 0.486. The van der Waals surface area contributed by atoms with Gasteiger partial charge in [0.25, 0.3) is 0 Å². The second kappa shape index (κ2) is 7.43. The minimum Gasteiger partial charge on any atom is -0.496 e. The Balaban J connectivity index is 2.74. The zero-order valence-electron chi connectivity index (χ0n) is 11.7. The van der Waals surface area contributed by atoms with Gasteiger partial charge in [-0.05, 0) is 38.1 Å². The largest absolute Gasteiger partial charge is 0.496 e. The van der Waals surface area contributed by atoms with Gasteiger partial charge in [0.2, 0.25) is 0 Å². The second-order valence-corrected chi connectivity index (χ2v) is 5.21. The normalized spacial score (nSPS) is 12.5. The molecule has 3 N–H and O–H groups in total. The number of thiocarbonyl (C=S) groups is 1. The molecule has 0 bridgehead atoms. The van der Waals surface area contributed by atoms with Gasteiger partial charge in [-0.25, -0.2) is 0 Å². The molecule has 1 aromatic carbocycles. The van der Waals surface area contributed by atoms with Gasteiger partial charge in [-0.1, -0.05) is 18.3 Å². The summed E-state index contributed by atoms with van der Waals surface area (Å²) in [5.74, 6) is 0.697. The minimum absolute atomic E-state index is 0.273. The highest BCUT2D eigenvalue weighted by atomic mass is 32.1. The van der Waals surface area contributed by atoms with E-state index in [-0.39, 0.29) is 6.10 Å². The van der Waals surface area contributed by atoms with Crippen molar-refractivity contribution < 1.29 is 9.84 Å². The van der Waals surface area contributed by atoms with E-state index in [0.29, 0.717) is 10.7 Å². The predicted octanol–water partition coefficient (Wildman–Crippen LogP) is 1.53. The molecule has 0 fully saturated rings. The van der Waals surface area contributed by atoms with Crippen LogP contribution in [-0.2, 0) is 6.54 Å². The predicted molar refractivity (Wildman–Crippen MR) is 81.5 cm³/mol. The fraction of sp³-hybridized carbons (Fsp3) is 0.500. The van der Waals surface area contributed by atoms with Crippen LogP contribution in [0.5, 0.6) is 5.75 Å². The van der Waals surface area contributed by atoms with Crippen molar-refractivity contribution in [3.63, 3.8) is 0 Å². The van der Waals surface area contributed by atoms with E-state index in [1.807, 2.05) is 25.2 Å². The minimum atomic E-state index is -0.273. The van der Waals surface area contributed by atoms with Gasteiger partial charge in [-0.15, -0.1) is 0 Å². The van der Waals surface area contributed by atoms with E-state index >= 15 is 0 Å². The van der Waals surface area contributed by atoms with Crippen LogP contribution in [0, 0.1) is 0 Å². The zero-order valence-corrected chi connectivity index (χ0v) is 12.5. The maximum Gasteiger partial charge on any atom is 0.129 e. The molecule has 0 spiro atoms. The van der Waals surface area contributed by atoms with E-state index in [0.717, 1.165) is 30.6 Å². The molecular weight excluding hydrogens is 260 g/mol. The maximum atomic E-state index is 9.28.